The summed E-state index contributed by atoms with van der Waals surface area (Å²) < 4.78 is 5.89. The van der Waals surface area contributed by atoms with Gasteiger partial charge in [-0.1, -0.05) is 27.7 Å². The van der Waals surface area contributed by atoms with E-state index in [0.717, 1.165) is 44.6 Å². The van der Waals surface area contributed by atoms with E-state index in [0.29, 0.717) is 37.3 Å². The maximum Gasteiger partial charge on any atom is 0.245 e. The number of hydrogen-bond acceptors (Lipinski definition) is 5. The molecule has 0 unspecified atom stereocenters. The highest BCUT2D eigenvalue weighted by molar-refractivity contribution is 5.90. The first-order valence-electron chi connectivity index (χ1n) is 12.2. The normalized spacial score (nSPS) is 21.3. The summed E-state index contributed by atoms with van der Waals surface area (Å²) in [5.41, 5.74) is 0. The Kier molecular flexibility index (Phi) is 8.91. The van der Waals surface area contributed by atoms with Crippen LogP contribution in [0.2, 0.25) is 0 Å². The van der Waals surface area contributed by atoms with Gasteiger partial charge in [-0.2, -0.15) is 0 Å². The summed E-state index contributed by atoms with van der Waals surface area (Å²) in [5, 5.41) is 3.36. The molecule has 1 aromatic heterocycles. The van der Waals surface area contributed by atoms with E-state index in [1.54, 1.807) is 12.4 Å². The molecule has 1 aromatic rings. The number of nitrogens with one attached hydrogen (secondary N) is 1. The predicted molar refractivity (Wildman–Crippen MR) is 125 cm³/mol. The monoisotopic (exact) mass is 444 g/mol. The lowest BCUT2D eigenvalue weighted by Gasteiger charge is -2.42. The van der Waals surface area contributed by atoms with Crippen LogP contribution in [0.3, 0.4) is 0 Å². The van der Waals surface area contributed by atoms with Crippen LogP contribution in [0, 0.1) is 17.8 Å². The standard InChI is InChI=1S/C25H40N4O3/c1-18(2)15-22-24(30)29(14-11-27-22)23(16-19(3)4)25(31)28-12-7-20(8-13-28)17-32-21-5-9-26-10-6-21/h5-6,9-10,18-20,22-23,27H,7-8,11-17H2,1-4H3/t22-,23-/m0/s1. The number of aromatic nitrogens is 1. The Morgan fingerprint density at radius 2 is 1.81 bits per heavy atom. The number of carbonyl (C=O) groups excluding carboxylic acids is 2. The van der Waals surface area contributed by atoms with E-state index in [-0.39, 0.29) is 23.9 Å². The zero-order valence-electron chi connectivity index (χ0n) is 20.1. The van der Waals surface area contributed by atoms with Gasteiger partial charge in [0.25, 0.3) is 0 Å². The lowest BCUT2D eigenvalue weighted by Crippen LogP contribution is -2.62. The van der Waals surface area contributed by atoms with Crippen molar-refractivity contribution in [3.63, 3.8) is 0 Å². The first-order valence-corrected chi connectivity index (χ1v) is 12.2. The molecule has 7 nitrogen and oxygen atoms in total. The van der Waals surface area contributed by atoms with Crippen molar-refractivity contribution in [1.29, 1.82) is 0 Å². The van der Waals surface area contributed by atoms with Crippen LogP contribution >= 0.6 is 0 Å². The quantitative estimate of drug-likeness (QED) is 0.634. The number of piperidine rings is 1. The Hall–Kier alpha value is -2.15. The molecule has 2 aliphatic rings. The van der Waals surface area contributed by atoms with Gasteiger partial charge in [0.15, 0.2) is 0 Å². The van der Waals surface area contributed by atoms with Crippen LogP contribution in [-0.2, 0) is 9.59 Å². The van der Waals surface area contributed by atoms with Crippen LogP contribution in [-0.4, -0.2) is 71.5 Å². The minimum absolute atomic E-state index is 0.0876. The summed E-state index contributed by atoms with van der Waals surface area (Å²) in [6.45, 7) is 12.0. The summed E-state index contributed by atoms with van der Waals surface area (Å²) in [6, 6.07) is 3.20. The number of piperazine rings is 1. The van der Waals surface area contributed by atoms with Crippen molar-refractivity contribution in [3.8, 4) is 5.75 Å². The molecule has 0 bridgehead atoms. The molecule has 0 saturated carbocycles. The predicted octanol–water partition coefficient (Wildman–Crippen LogP) is 2.96. The molecule has 3 rings (SSSR count). The highest BCUT2D eigenvalue weighted by Gasteiger charge is 2.39. The average molecular weight is 445 g/mol. The fourth-order valence-corrected chi connectivity index (χ4v) is 4.71. The molecular weight excluding hydrogens is 404 g/mol. The Morgan fingerprint density at radius 1 is 1.12 bits per heavy atom. The zero-order valence-corrected chi connectivity index (χ0v) is 20.1. The van der Waals surface area contributed by atoms with E-state index in [1.165, 1.54) is 0 Å². The van der Waals surface area contributed by atoms with Crippen molar-refractivity contribution < 1.29 is 14.3 Å². The van der Waals surface area contributed by atoms with E-state index in [1.807, 2.05) is 21.9 Å². The van der Waals surface area contributed by atoms with E-state index in [9.17, 15) is 9.59 Å². The molecule has 7 heteroatoms. The smallest absolute Gasteiger partial charge is 0.245 e. The Morgan fingerprint density at radius 3 is 2.44 bits per heavy atom. The second-order valence-electron chi connectivity index (χ2n) is 10.1. The Bertz CT molecular complexity index is 732. The lowest BCUT2D eigenvalue weighted by atomic mass is 9.94. The van der Waals surface area contributed by atoms with Crippen LogP contribution in [0.4, 0.5) is 0 Å². The van der Waals surface area contributed by atoms with Crippen molar-refractivity contribution in [2.24, 2.45) is 17.8 Å². The van der Waals surface area contributed by atoms with Crippen molar-refractivity contribution in [1.82, 2.24) is 20.1 Å². The average Bonchev–Trinajstić information content (AvgIpc) is 2.78. The van der Waals surface area contributed by atoms with Gasteiger partial charge in [-0.25, -0.2) is 0 Å². The first-order chi connectivity index (χ1) is 15.3. The fourth-order valence-electron chi connectivity index (χ4n) is 4.71. The van der Waals surface area contributed by atoms with Gasteiger partial charge in [0.05, 0.1) is 12.6 Å². The Balaban J connectivity index is 1.58. The third-order valence-electron chi connectivity index (χ3n) is 6.45. The van der Waals surface area contributed by atoms with Gasteiger partial charge in [-0.05, 0) is 55.6 Å². The van der Waals surface area contributed by atoms with Crippen molar-refractivity contribution in [3.05, 3.63) is 24.5 Å². The molecule has 0 aliphatic carbocycles. The third-order valence-corrected chi connectivity index (χ3v) is 6.45. The number of carbonyl (C=O) groups is 2. The maximum atomic E-state index is 13.6. The molecule has 2 fully saturated rings. The van der Waals surface area contributed by atoms with Crippen LogP contribution < -0.4 is 10.1 Å². The second kappa shape index (κ2) is 11.6. The summed E-state index contributed by atoms with van der Waals surface area (Å²) in [6.07, 6.45) is 6.83. The molecular formula is C25H40N4O3. The molecule has 1 N–H and O–H groups in total. The topological polar surface area (TPSA) is 74.8 Å². The van der Waals surface area contributed by atoms with Gasteiger partial charge in [-0.15, -0.1) is 0 Å². The van der Waals surface area contributed by atoms with Gasteiger partial charge >= 0.3 is 0 Å². The van der Waals surface area contributed by atoms with E-state index in [4.69, 9.17) is 4.74 Å². The molecule has 2 amide bonds. The van der Waals surface area contributed by atoms with Crippen molar-refractivity contribution in [2.75, 3.05) is 32.8 Å². The van der Waals surface area contributed by atoms with E-state index < -0.39 is 0 Å². The molecule has 0 aromatic carbocycles. The van der Waals surface area contributed by atoms with Crippen molar-refractivity contribution in [2.45, 2.75) is 65.5 Å². The van der Waals surface area contributed by atoms with Gasteiger partial charge in [-0.3, -0.25) is 14.6 Å². The number of rotatable bonds is 9. The highest BCUT2D eigenvalue weighted by atomic mass is 16.5. The van der Waals surface area contributed by atoms with Crippen molar-refractivity contribution >= 4 is 11.8 Å². The van der Waals surface area contributed by atoms with Crippen LogP contribution in [0.1, 0.15) is 53.4 Å². The minimum atomic E-state index is -0.358. The van der Waals surface area contributed by atoms with Gasteiger partial charge in [0.2, 0.25) is 11.8 Å². The number of amides is 2. The van der Waals surface area contributed by atoms with Gasteiger partial charge in [0.1, 0.15) is 11.8 Å². The number of pyridine rings is 1. The maximum absolute atomic E-state index is 13.6. The molecule has 2 aliphatic heterocycles. The third kappa shape index (κ3) is 6.67. The number of ether oxygens (including phenoxy) is 1. The highest BCUT2D eigenvalue weighted by Crippen LogP contribution is 2.24. The summed E-state index contributed by atoms with van der Waals surface area (Å²) in [5.74, 6) is 2.26. The molecule has 32 heavy (non-hydrogen) atoms. The molecule has 2 atom stereocenters. The largest absolute Gasteiger partial charge is 0.493 e. The van der Waals surface area contributed by atoms with Crippen LogP contribution in [0.25, 0.3) is 0 Å². The lowest BCUT2D eigenvalue weighted by molar-refractivity contribution is -0.150. The van der Waals surface area contributed by atoms with Crippen LogP contribution in [0.5, 0.6) is 5.75 Å². The summed E-state index contributed by atoms with van der Waals surface area (Å²) in [4.78, 5) is 34.6. The van der Waals surface area contributed by atoms with E-state index in [2.05, 4.69) is 38.0 Å². The zero-order chi connectivity index (χ0) is 23.1. The van der Waals surface area contributed by atoms with E-state index >= 15 is 0 Å². The number of hydrogen-bond donors (Lipinski definition) is 1. The van der Waals surface area contributed by atoms with Gasteiger partial charge in [0, 0.05) is 38.6 Å². The summed E-state index contributed by atoms with van der Waals surface area (Å²) >= 11 is 0. The van der Waals surface area contributed by atoms with Crippen LogP contribution in [0.15, 0.2) is 24.5 Å². The van der Waals surface area contributed by atoms with Gasteiger partial charge < -0.3 is 19.9 Å². The molecule has 178 valence electrons. The fraction of sp³-hybridized carbons (Fsp3) is 0.720. The SMILES string of the molecule is CC(C)C[C@@H]1NCCN([C@@H](CC(C)C)C(=O)N2CCC(COc3ccncc3)CC2)C1=O. The first kappa shape index (κ1) is 24.5. The minimum Gasteiger partial charge on any atom is -0.493 e. The number of likely N-dealkylation sites (tertiary alicyclic amines) is 1. The second-order valence-corrected chi connectivity index (χ2v) is 10.1. The molecule has 2 saturated heterocycles. The molecule has 3 heterocycles. The molecule has 0 radical (unpaired) electrons. The molecule has 0 spiro atoms. The summed E-state index contributed by atoms with van der Waals surface area (Å²) in [7, 11) is 0. The Labute approximate surface area is 192 Å². The number of nitrogens with zero attached hydrogens (tertiary/aromatic N) is 3.